The minimum atomic E-state index is 0.543. The van der Waals surface area contributed by atoms with Gasteiger partial charge in [0.2, 0.25) is 0 Å². The Morgan fingerprint density at radius 1 is 1.43 bits per heavy atom. The second-order valence-electron chi connectivity index (χ2n) is 4.65. The molecule has 0 saturated carbocycles. The first-order valence-corrected chi connectivity index (χ1v) is 6.86. The summed E-state index contributed by atoms with van der Waals surface area (Å²) in [5, 5.41) is 0.771. The summed E-state index contributed by atoms with van der Waals surface area (Å²) in [5.74, 6) is 7.76. The summed E-state index contributed by atoms with van der Waals surface area (Å²) < 4.78 is 0. The Labute approximate surface area is 92.4 Å². The van der Waals surface area contributed by atoms with Gasteiger partial charge in [0.05, 0.1) is 0 Å². The van der Waals surface area contributed by atoms with E-state index in [1.807, 2.05) is 0 Å². The highest BCUT2D eigenvalue weighted by Crippen LogP contribution is 2.30. The molecule has 2 nitrogen and oxygen atoms in total. The van der Waals surface area contributed by atoms with Gasteiger partial charge in [0.15, 0.2) is 0 Å². The first kappa shape index (κ1) is 12.3. The van der Waals surface area contributed by atoms with Gasteiger partial charge in [0.1, 0.15) is 0 Å². The highest BCUT2D eigenvalue weighted by molar-refractivity contribution is 8.00. The standard InChI is InChI=1S/C11H24N2S/c1-9(2)5-3-6-10(13-12)11-7-4-8-14-11/h9-11,13H,3-8,12H2,1-2H3. The van der Waals surface area contributed by atoms with Gasteiger partial charge in [-0.3, -0.25) is 11.3 Å². The molecule has 3 N–H and O–H groups in total. The van der Waals surface area contributed by atoms with Crippen LogP contribution in [0.1, 0.15) is 46.0 Å². The molecule has 84 valence electrons. The van der Waals surface area contributed by atoms with Crippen molar-refractivity contribution in [2.24, 2.45) is 11.8 Å². The highest BCUT2D eigenvalue weighted by Gasteiger charge is 2.24. The molecule has 0 amide bonds. The van der Waals surface area contributed by atoms with E-state index in [-0.39, 0.29) is 0 Å². The number of rotatable bonds is 6. The zero-order valence-corrected chi connectivity index (χ0v) is 10.3. The van der Waals surface area contributed by atoms with E-state index in [2.05, 4.69) is 31.0 Å². The monoisotopic (exact) mass is 216 g/mol. The van der Waals surface area contributed by atoms with Crippen LogP contribution in [0.5, 0.6) is 0 Å². The fourth-order valence-electron chi connectivity index (χ4n) is 2.04. The molecule has 0 aromatic heterocycles. The van der Waals surface area contributed by atoms with Crippen molar-refractivity contribution in [2.75, 3.05) is 5.75 Å². The summed E-state index contributed by atoms with van der Waals surface area (Å²) in [6.07, 6.45) is 6.60. The van der Waals surface area contributed by atoms with Crippen LogP contribution in [0.15, 0.2) is 0 Å². The van der Waals surface area contributed by atoms with E-state index >= 15 is 0 Å². The first-order valence-electron chi connectivity index (χ1n) is 5.81. The number of hydrogen-bond acceptors (Lipinski definition) is 3. The lowest BCUT2D eigenvalue weighted by molar-refractivity contribution is 0.428. The third-order valence-electron chi connectivity index (χ3n) is 2.92. The van der Waals surface area contributed by atoms with Crippen LogP contribution in [-0.2, 0) is 0 Å². The van der Waals surface area contributed by atoms with Gasteiger partial charge in [0.25, 0.3) is 0 Å². The summed E-state index contributed by atoms with van der Waals surface area (Å²) >= 11 is 2.09. The van der Waals surface area contributed by atoms with Crippen molar-refractivity contribution in [1.29, 1.82) is 0 Å². The normalized spacial score (nSPS) is 24.4. The van der Waals surface area contributed by atoms with E-state index in [1.54, 1.807) is 0 Å². The van der Waals surface area contributed by atoms with Crippen LogP contribution in [0, 0.1) is 5.92 Å². The van der Waals surface area contributed by atoms with E-state index in [4.69, 9.17) is 5.84 Å². The summed E-state index contributed by atoms with van der Waals surface area (Å²) in [7, 11) is 0. The van der Waals surface area contributed by atoms with Crippen LogP contribution in [0.3, 0.4) is 0 Å². The molecule has 1 aliphatic rings. The Kier molecular flexibility index (Phi) is 5.90. The summed E-state index contributed by atoms with van der Waals surface area (Å²) in [6, 6.07) is 0.543. The van der Waals surface area contributed by atoms with Gasteiger partial charge < -0.3 is 0 Å². The van der Waals surface area contributed by atoms with Crippen molar-refractivity contribution in [1.82, 2.24) is 5.43 Å². The van der Waals surface area contributed by atoms with Crippen LogP contribution in [-0.4, -0.2) is 17.0 Å². The lowest BCUT2D eigenvalue weighted by Gasteiger charge is -2.22. The molecule has 0 spiro atoms. The smallest absolute Gasteiger partial charge is 0.0329 e. The van der Waals surface area contributed by atoms with Crippen molar-refractivity contribution in [3.05, 3.63) is 0 Å². The topological polar surface area (TPSA) is 38.0 Å². The van der Waals surface area contributed by atoms with Crippen molar-refractivity contribution >= 4 is 11.8 Å². The van der Waals surface area contributed by atoms with Gasteiger partial charge in [0, 0.05) is 11.3 Å². The summed E-state index contributed by atoms with van der Waals surface area (Å²) in [6.45, 7) is 4.57. The van der Waals surface area contributed by atoms with Crippen molar-refractivity contribution in [3.63, 3.8) is 0 Å². The van der Waals surface area contributed by atoms with E-state index in [1.165, 1.54) is 37.9 Å². The summed E-state index contributed by atoms with van der Waals surface area (Å²) in [4.78, 5) is 0. The Bertz CT molecular complexity index is 144. The maximum absolute atomic E-state index is 5.61. The zero-order chi connectivity index (χ0) is 10.4. The maximum Gasteiger partial charge on any atom is 0.0329 e. The predicted molar refractivity (Wildman–Crippen MR) is 65.3 cm³/mol. The molecule has 0 radical (unpaired) electrons. The average Bonchev–Trinajstić information content (AvgIpc) is 2.64. The van der Waals surface area contributed by atoms with Gasteiger partial charge in [-0.1, -0.05) is 26.7 Å². The van der Waals surface area contributed by atoms with Crippen LogP contribution >= 0.6 is 11.8 Å². The van der Waals surface area contributed by atoms with Gasteiger partial charge >= 0.3 is 0 Å². The van der Waals surface area contributed by atoms with Crippen LogP contribution in [0.2, 0.25) is 0 Å². The van der Waals surface area contributed by atoms with Gasteiger partial charge in [-0.2, -0.15) is 11.8 Å². The lowest BCUT2D eigenvalue weighted by Crippen LogP contribution is -2.41. The molecule has 0 bridgehead atoms. The highest BCUT2D eigenvalue weighted by atomic mass is 32.2. The van der Waals surface area contributed by atoms with Crippen molar-refractivity contribution in [2.45, 2.75) is 57.2 Å². The van der Waals surface area contributed by atoms with E-state index in [0.29, 0.717) is 6.04 Å². The van der Waals surface area contributed by atoms with Gasteiger partial charge in [-0.25, -0.2) is 0 Å². The molecule has 3 heteroatoms. The molecule has 14 heavy (non-hydrogen) atoms. The third-order valence-corrected chi connectivity index (χ3v) is 4.44. The van der Waals surface area contributed by atoms with E-state index in [9.17, 15) is 0 Å². The quantitative estimate of drug-likeness (QED) is 0.529. The number of hydrazine groups is 1. The van der Waals surface area contributed by atoms with E-state index < -0.39 is 0 Å². The molecule has 1 rings (SSSR count). The third kappa shape index (κ3) is 4.20. The molecule has 1 heterocycles. The second kappa shape index (κ2) is 6.70. The number of nitrogens with two attached hydrogens (primary N) is 1. The molecule has 0 aromatic carbocycles. The number of hydrogen-bond donors (Lipinski definition) is 2. The molecular formula is C11H24N2S. The minimum absolute atomic E-state index is 0.543. The summed E-state index contributed by atoms with van der Waals surface area (Å²) in [5.41, 5.74) is 3.00. The average molecular weight is 216 g/mol. The van der Waals surface area contributed by atoms with Crippen molar-refractivity contribution < 1.29 is 0 Å². The molecule has 2 unspecified atom stereocenters. The molecule has 0 aromatic rings. The van der Waals surface area contributed by atoms with Gasteiger partial charge in [-0.05, 0) is 30.9 Å². The maximum atomic E-state index is 5.61. The Morgan fingerprint density at radius 2 is 2.21 bits per heavy atom. The van der Waals surface area contributed by atoms with E-state index in [0.717, 1.165) is 11.2 Å². The molecule has 1 saturated heterocycles. The van der Waals surface area contributed by atoms with Crippen molar-refractivity contribution in [3.8, 4) is 0 Å². The lowest BCUT2D eigenvalue weighted by atomic mass is 10.00. The molecule has 1 fully saturated rings. The van der Waals surface area contributed by atoms with Crippen LogP contribution in [0.25, 0.3) is 0 Å². The largest absolute Gasteiger partial charge is 0.271 e. The second-order valence-corrected chi connectivity index (χ2v) is 6.00. The first-order chi connectivity index (χ1) is 6.74. The minimum Gasteiger partial charge on any atom is -0.271 e. The zero-order valence-electron chi connectivity index (χ0n) is 9.46. The van der Waals surface area contributed by atoms with Gasteiger partial charge in [-0.15, -0.1) is 0 Å². The molecular weight excluding hydrogens is 192 g/mol. The molecule has 0 aliphatic carbocycles. The SMILES string of the molecule is CC(C)CCCC(NN)C1CCCS1. The fourth-order valence-corrected chi connectivity index (χ4v) is 3.46. The Balaban J connectivity index is 2.17. The number of nitrogens with one attached hydrogen (secondary N) is 1. The Hall–Kier alpha value is 0.270. The van der Waals surface area contributed by atoms with Crippen LogP contribution < -0.4 is 11.3 Å². The fraction of sp³-hybridized carbons (Fsp3) is 1.00. The molecule has 2 atom stereocenters. The molecule has 1 aliphatic heterocycles. The predicted octanol–water partition coefficient (Wildman–Crippen LogP) is 2.54. The number of thioether (sulfide) groups is 1. The Morgan fingerprint density at radius 3 is 2.71 bits per heavy atom. The van der Waals surface area contributed by atoms with Crippen LogP contribution in [0.4, 0.5) is 0 Å².